The minimum Gasteiger partial charge on any atom is -0.390 e. The van der Waals surface area contributed by atoms with Crippen LogP contribution in [0.1, 0.15) is 44.3 Å². The van der Waals surface area contributed by atoms with Crippen LogP contribution in [-0.2, 0) is 6.61 Å². The minimum absolute atomic E-state index is 0.245. The number of aliphatic hydroxyl groups is 1. The summed E-state index contributed by atoms with van der Waals surface area (Å²) >= 11 is 7.61. The van der Waals surface area contributed by atoms with Crippen molar-refractivity contribution in [3.63, 3.8) is 0 Å². The van der Waals surface area contributed by atoms with Gasteiger partial charge in [-0.1, -0.05) is 30.3 Å². The van der Waals surface area contributed by atoms with Crippen LogP contribution in [0.5, 0.6) is 0 Å². The Morgan fingerprint density at radius 2 is 2.13 bits per heavy atom. The molecule has 14 heteroatoms. The number of aromatic amines is 1. The van der Waals surface area contributed by atoms with Crippen LogP contribution < -0.4 is 16.0 Å². The van der Waals surface area contributed by atoms with Gasteiger partial charge in [-0.3, -0.25) is 15.2 Å². The maximum absolute atomic E-state index is 10.1. The van der Waals surface area contributed by atoms with Gasteiger partial charge in [0.2, 0.25) is 0 Å². The van der Waals surface area contributed by atoms with Crippen molar-refractivity contribution in [2.24, 2.45) is 5.41 Å². The van der Waals surface area contributed by atoms with Crippen LogP contribution in [-0.4, -0.2) is 59.0 Å². The van der Waals surface area contributed by atoms with Crippen LogP contribution in [0, 0.1) is 10.8 Å². The molecule has 0 radical (unpaired) electrons. The molecular weight excluding hydrogens is 526 g/mol. The Morgan fingerprint density at radius 3 is 2.87 bits per heavy atom. The van der Waals surface area contributed by atoms with E-state index in [0.29, 0.717) is 62.6 Å². The number of nitrogens with zero attached hydrogens (tertiary/aromatic N) is 7. The number of anilines is 3. The highest BCUT2D eigenvalue weighted by atomic mass is 35.5. The second-order valence-electron chi connectivity index (χ2n) is 9.98. The van der Waals surface area contributed by atoms with Gasteiger partial charge in [-0.25, -0.2) is 15.0 Å². The van der Waals surface area contributed by atoms with E-state index in [4.69, 9.17) is 32.7 Å². The number of nitrogen functional groups attached to an aromatic ring is 1. The number of fused-ring (bicyclic) bond motifs is 1. The van der Waals surface area contributed by atoms with Crippen molar-refractivity contribution in [1.82, 2.24) is 34.9 Å². The predicted molar refractivity (Wildman–Crippen MR) is 147 cm³/mol. The summed E-state index contributed by atoms with van der Waals surface area (Å²) in [6.07, 6.45) is 9.21. The third kappa shape index (κ3) is 4.65. The fourth-order valence-electron chi connectivity index (χ4n) is 4.60. The maximum atomic E-state index is 10.1. The Balaban J connectivity index is 1.17. The van der Waals surface area contributed by atoms with Crippen molar-refractivity contribution in [3.8, 4) is 0 Å². The summed E-state index contributed by atoms with van der Waals surface area (Å²) in [6, 6.07) is 2.27. The Kier molecular flexibility index (Phi) is 6.36. The number of pyridine rings is 1. The van der Waals surface area contributed by atoms with Crippen molar-refractivity contribution in [2.75, 3.05) is 29.0 Å². The molecule has 6 rings (SSSR count). The van der Waals surface area contributed by atoms with Gasteiger partial charge >= 0.3 is 0 Å². The fourth-order valence-corrected chi connectivity index (χ4v) is 5.69. The summed E-state index contributed by atoms with van der Waals surface area (Å²) in [4.78, 5) is 16.3. The molecule has 38 heavy (non-hydrogen) atoms. The van der Waals surface area contributed by atoms with E-state index in [1.54, 1.807) is 18.5 Å². The molecule has 198 valence electrons. The van der Waals surface area contributed by atoms with Crippen molar-refractivity contribution in [2.45, 2.75) is 55.2 Å². The molecule has 12 nitrogen and oxygen atoms in total. The van der Waals surface area contributed by atoms with Crippen molar-refractivity contribution >= 4 is 57.7 Å². The lowest BCUT2D eigenvalue weighted by atomic mass is 9.79. The van der Waals surface area contributed by atoms with Crippen LogP contribution in [0.3, 0.4) is 0 Å². The molecule has 0 aromatic carbocycles. The standard InChI is InChI=1S/C24H28ClN11OS/c1-24(23(27)30-13-10-29-36(11-13)14-2-3-14)5-8-35(9-6-24)21-15(12-37)31-18-20(32-21)33-34-22(18)38-16-4-7-28-19(26)17(16)25/h4,7,10-11,14,37H,2-3,5-6,8-9,12H2,1H3,(H2,26,28)(H2,27,30)(H,32,33,34). The summed E-state index contributed by atoms with van der Waals surface area (Å²) in [5.74, 6) is 1.36. The number of nitrogens with one attached hydrogen (secondary N) is 3. The molecule has 1 saturated carbocycles. The lowest BCUT2D eigenvalue weighted by Crippen LogP contribution is -2.45. The molecule has 2 fully saturated rings. The van der Waals surface area contributed by atoms with E-state index in [9.17, 15) is 5.11 Å². The first kappa shape index (κ1) is 24.9. The number of nitrogens with two attached hydrogens (primary N) is 1. The van der Waals surface area contributed by atoms with E-state index in [1.165, 1.54) is 24.6 Å². The van der Waals surface area contributed by atoms with E-state index in [1.807, 2.05) is 10.9 Å². The Labute approximate surface area is 227 Å². The largest absolute Gasteiger partial charge is 0.390 e. The third-order valence-electron chi connectivity index (χ3n) is 7.21. The molecular formula is C24H28ClN11OS. The fraction of sp³-hybridized carbons (Fsp3) is 0.417. The second-order valence-corrected chi connectivity index (χ2v) is 11.4. The molecule has 1 saturated heterocycles. The van der Waals surface area contributed by atoms with Gasteiger partial charge in [-0.15, -0.1) is 0 Å². The first-order valence-electron chi connectivity index (χ1n) is 12.4. The van der Waals surface area contributed by atoms with Gasteiger partial charge in [0, 0.05) is 35.8 Å². The summed E-state index contributed by atoms with van der Waals surface area (Å²) in [7, 11) is 0. The molecule has 6 N–H and O–H groups in total. The summed E-state index contributed by atoms with van der Waals surface area (Å²) in [6.45, 7) is 3.21. The molecule has 5 heterocycles. The quantitative estimate of drug-likeness (QED) is 0.167. The van der Waals surface area contributed by atoms with Crippen molar-refractivity contribution in [3.05, 3.63) is 35.4 Å². The number of rotatable bonds is 7. The molecule has 0 unspecified atom stereocenters. The second kappa shape index (κ2) is 9.71. The Morgan fingerprint density at radius 1 is 1.34 bits per heavy atom. The summed E-state index contributed by atoms with van der Waals surface area (Å²) < 4.78 is 1.98. The average molecular weight is 554 g/mol. The molecule has 1 aliphatic heterocycles. The van der Waals surface area contributed by atoms with Gasteiger partial charge < -0.3 is 21.1 Å². The van der Waals surface area contributed by atoms with Crippen LogP contribution in [0.2, 0.25) is 5.02 Å². The molecule has 2 aliphatic rings. The number of H-pyrrole nitrogens is 1. The zero-order valence-corrected chi connectivity index (χ0v) is 22.4. The summed E-state index contributed by atoms with van der Waals surface area (Å²) in [5, 5.41) is 34.8. The van der Waals surface area contributed by atoms with E-state index >= 15 is 0 Å². The number of halogens is 1. The lowest BCUT2D eigenvalue weighted by Gasteiger charge is -2.40. The first-order valence-corrected chi connectivity index (χ1v) is 13.6. The van der Waals surface area contributed by atoms with Crippen LogP contribution in [0.25, 0.3) is 11.2 Å². The lowest BCUT2D eigenvalue weighted by molar-refractivity contribution is 0.276. The van der Waals surface area contributed by atoms with Crippen LogP contribution in [0.15, 0.2) is 34.6 Å². The maximum Gasteiger partial charge on any atom is 0.177 e. The van der Waals surface area contributed by atoms with E-state index < -0.39 is 0 Å². The van der Waals surface area contributed by atoms with Gasteiger partial charge in [0.05, 0.1) is 29.6 Å². The first-order chi connectivity index (χ1) is 18.3. The number of aromatic nitrogens is 7. The van der Waals surface area contributed by atoms with E-state index in [0.717, 1.165) is 18.5 Å². The highest BCUT2D eigenvalue weighted by molar-refractivity contribution is 7.99. The monoisotopic (exact) mass is 553 g/mol. The summed E-state index contributed by atoms with van der Waals surface area (Å²) in [5.41, 5.74) is 7.92. The SMILES string of the molecule is CC1(C(=N)Nc2cnn(C3CC3)c2)CCN(c2nc3[nH]nc(Sc4ccnc(N)c4Cl)c3nc2CO)CC1. The smallest absolute Gasteiger partial charge is 0.177 e. The molecule has 0 bridgehead atoms. The van der Waals surface area contributed by atoms with Gasteiger partial charge in [-0.2, -0.15) is 10.2 Å². The van der Waals surface area contributed by atoms with Gasteiger partial charge in [0.25, 0.3) is 0 Å². The Hall–Kier alpha value is -3.42. The predicted octanol–water partition coefficient (Wildman–Crippen LogP) is 3.85. The number of hydrogen-bond donors (Lipinski definition) is 5. The molecule has 4 aromatic heterocycles. The number of piperidine rings is 1. The van der Waals surface area contributed by atoms with Gasteiger partial charge in [0.1, 0.15) is 22.9 Å². The van der Waals surface area contributed by atoms with Crippen LogP contribution >= 0.6 is 23.4 Å². The van der Waals surface area contributed by atoms with Crippen molar-refractivity contribution in [1.29, 1.82) is 5.41 Å². The zero-order valence-electron chi connectivity index (χ0n) is 20.8. The highest BCUT2D eigenvalue weighted by Gasteiger charge is 2.36. The molecule has 0 atom stereocenters. The van der Waals surface area contributed by atoms with Gasteiger partial charge in [-0.05, 0) is 31.7 Å². The van der Waals surface area contributed by atoms with E-state index in [2.05, 4.69) is 37.4 Å². The number of amidine groups is 1. The van der Waals surface area contributed by atoms with Crippen LogP contribution in [0.4, 0.5) is 17.3 Å². The normalized spacial score (nSPS) is 17.2. The topological polar surface area (TPSA) is 171 Å². The van der Waals surface area contributed by atoms with Crippen molar-refractivity contribution < 1.29 is 5.11 Å². The minimum atomic E-state index is -0.307. The molecule has 1 aliphatic carbocycles. The molecule has 0 amide bonds. The Bertz CT molecular complexity index is 1510. The third-order valence-corrected chi connectivity index (χ3v) is 8.76. The van der Waals surface area contributed by atoms with E-state index in [-0.39, 0.29) is 17.8 Å². The molecule has 4 aromatic rings. The number of hydrogen-bond acceptors (Lipinski definition) is 10. The van der Waals surface area contributed by atoms with Gasteiger partial charge in [0.15, 0.2) is 16.5 Å². The molecule has 0 spiro atoms. The highest BCUT2D eigenvalue weighted by Crippen LogP contribution is 2.39. The number of aliphatic hydroxyl groups excluding tert-OH is 1. The average Bonchev–Trinajstić information content (AvgIpc) is 3.55. The zero-order chi connectivity index (χ0) is 26.4.